The van der Waals surface area contributed by atoms with Crippen molar-refractivity contribution >= 4 is 27.3 Å². The van der Waals surface area contributed by atoms with Crippen molar-refractivity contribution in [1.82, 2.24) is 15.2 Å². The summed E-state index contributed by atoms with van der Waals surface area (Å²) in [5.41, 5.74) is 3.93. The molecule has 0 aliphatic heterocycles. The zero-order chi connectivity index (χ0) is 11.5. The maximum Gasteiger partial charge on any atom is 0.0539 e. The molecule has 16 heavy (non-hydrogen) atoms. The van der Waals surface area contributed by atoms with Gasteiger partial charge in [0.05, 0.1) is 12.2 Å². The molecular formula is C10H13BrN4S. The van der Waals surface area contributed by atoms with Crippen LogP contribution >= 0.6 is 27.3 Å². The van der Waals surface area contributed by atoms with Gasteiger partial charge in [-0.25, -0.2) is 0 Å². The van der Waals surface area contributed by atoms with Crippen molar-refractivity contribution in [3.05, 3.63) is 38.8 Å². The Labute approximate surface area is 107 Å². The fraction of sp³-hybridized carbons (Fsp3) is 0.300. The lowest BCUT2D eigenvalue weighted by molar-refractivity contribution is 0.554. The van der Waals surface area contributed by atoms with E-state index in [0.717, 1.165) is 16.5 Å². The molecule has 0 saturated carbocycles. The van der Waals surface area contributed by atoms with Gasteiger partial charge in [-0.2, -0.15) is 5.10 Å². The lowest BCUT2D eigenvalue weighted by atomic mass is 10.1. The zero-order valence-electron chi connectivity index (χ0n) is 8.85. The van der Waals surface area contributed by atoms with E-state index in [1.165, 1.54) is 4.88 Å². The lowest BCUT2D eigenvalue weighted by Gasteiger charge is -2.13. The van der Waals surface area contributed by atoms with E-state index < -0.39 is 0 Å². The number of aromatic nitrogens is 2. The second-order valence-corrected chi connectivity index (χ2v) is 5.42. The first-order valence-electron chi connectivity index (χ1n) is 4.87. The van der Waals surface area contributed by atoms with Crippen LogP contribution in [0.1, 0.15) is 16.5 Å². The lowest BCUT2D eigenvalue weighted by Crippen LogP contribution is -2.29. The number of nitrogens with two attached hydrogens (primary N) is 1. The molecule has 0 amide bonds. The molecule has 3 N–H and O–H groups in total. The first-order chi connectivity index (χ1) is 7.70. The van der Waals surface area contributed by atoms with Gasteiger partial charge in [0.2, 0.25) is 0 Å². The normalized spacial score (nSPS) is 12.9. The number of halogens is 1. The predicted octanol–water partition coefficient (Wildman–Crippen LogP) is 1.99. The van der Waals surface area contributed by atoms with Crippen LogP contribution in [0.4, 0.5) is 0 Å². The maximum absolute atomic E-state index is 5.58. The van der Waals surface area contributed by atoms with Crippen LogP contribution in [0, 0.1) is 0 Å². The molecule has 1 atom stereocenters. The second-order valence-electron chi connectivity index (χ2n) is 3.56. The minimum atomic E-state index is 0.101. The van der Waals surface area contributed by atoms with Gasteiger partial charge in [-0.1, -0.05) is 0 Å². The van der Waals surface area contributed by atoms with Gasteiger partial charge in [-0.15, -0.1) is 11.3 Å². The van der Waals surface area contributed by atoms with Gasteiger partial charge in [0, 0.05) is 34.6 Å². The highest BCUT2D eigenvalue weighted by molar-refractivity contribution is 9.10. The van der Waals surface area contributed by atoms with E-state index in [0.29, 0.717) is 0 Å². The molecule has 0 fully saturated rings. The van der Waals surface area contributed by atoms with Crippen LogP contribution in [-0.4, -0.2) is 9.78 Å². The molecule has 0 spiro atoms. The Morgan fingerprint density at radius 2 is 2.50 bits per heavy atom. The molecule has 0 saturated heterocycles. The molecule has 86 valence electrons. The highest BCUT2D eigenvalue weighted by atomic mass is 79.9. The van der Waals surface area contributed by atoms with Crippen LogP contribution in [0.2, 0.25) is 0 Å². The van der Waals surface area contributed by atoms with Gasteiger partial charge in [0.25, 0.3) is 0 Å². The summed E-state index contributed by atoms with van der Waals surface area (Å²) in [4.78, 5) is 1.28. The minimum Gasteiger partial charge on any atom is -0.275 e. The number of aryl methyl sites for hydroxylation is 1. The van der Waals surface area contributed by atoms with Crippen molar-refractivity contribution < 1.29 is 0 Å². The summed E-state index contributed by atoms with van der Waals surface area (Å²) in [5, 5.41) is 6.22. The summed E-state index contributed by atoms with van der Waals surface area (Å²) < 4.78 is 2.92. The standard InChI is InChI=1S/C10H13BrN4S/c1-15-6-7(5-13-15)9(14-12)4-10-8(11)2-3-16-10/h2-3,5-6,9,14H,4,12H2,1H3. The summed E-state index contributed by atoms with van der Waals surface area (Å²) in [7, 11) is 1.90. The number of thiophene rings is 1. The summed E-state index contributed by atoms with van der Waals surface area (Å²) in [5.74, 6) is 5.58. The topological polar surface area (TPSA) is 55.9 Å². The third-order valence-electron chi connectivity index (χ3n) is 2.41. The quantitative estimate of drug-likeness (QED) is 0.671. The first-order valence-corrected chi connectivity index (χ1v) is 6.54. The van der Waals surface area contributed by atoms with E-state index >= 15 is 0 Å². The van der Waals surface area contributed by atoms with Crippen LogP contribution in [0.15, 0.2) is 28.3 Å². The van der Waals surface area contributed by atoms with Crippen molar-refractivity contribution in [2.45, 2.75) is 12.5 Å². The molecule has 2 aromatic rings. The molecule has 4 nitrogen and oxygen atoms in total. The van der Waals surface area contributed by atoms with Gasteiger partial charge >= 0.3 is 0 Å². The van der Waals surface area contributed by atoms with E-state index in [1.807, 2.05) is 19.4 Å². The van der Waals surface area contributed by atoms with Crippen LogP contribution in [0.25, 0.3) is 0 Å². The molecule has 0 radical (unpaired) electrons. The Morgan fingerprint density at radius 3 is 3.00 bits per heavy atom. The zero-order valence-corrected chi connectivity index (χ0v) is 11.3. The van der Waals surface area contributed by atoms with Gasteiger partial charge in [0.1, 0.15) is 0 Å². The smallest absolute Gasteiger partial charge is 0.0539 e. The Morgan fingerprint density at radius 1 is 1.69 bits per heavy atom. The number of nitrogens with one attached hydrogen (secondary N) is 1. The van der Waals surface area contributed by atoms with Crippen LogP contribution in [0.5, 0.6) is 0 Å². The van der Waals surface area contributed by atoms with Crippen molar-refractivity contribution in [2.75, 3.05) is 0 Å². The SMILES string of the molecule is Cn1cc(C(Cc2sccc2Br)NN)cn1. The van der Waals surface area contributed by atoms with Crippen LogP contribution < -0.4 is 11.3 Å². The van der Waals surface area contributed by atoms with E-state index in [1.54, 1.807) is 16.0 Å². The van der Waals surface area contributed by atoms with E-state index in [-0.39, 0.29) is 6.04 Å². The van der Waals surface area contributed by atoms with Gasteiger partial charge in [-0.3, -0.25) is 16.0 Å². The van der Waals surface area contributed by atoms with Gasteiger partial charge in [-0.05, 0) is 27.4 Å². The van der Waals surface area contributed by atoms with Crippen molar-refractivity contribution in [3.63, 3.8) is 0 Å². The average Bonchev–Trinajstić information content (AvgIpc) is 2.85. The Kier molecular flexibility index (Phi) is 3.75. The Hall–Kier alpha value is -0.690. The summed E-state index contributed by atoms with van der Waals surface area (Å²) in [6.07, 6.45) is 4.68. The maximum atomic E-state index is 5.58. The van der Waals surface area contributed by atoms with E-state index in [4.69, 9.17) is 5.84 Å². The van der Waals surface area contributed by atoms with Crippen molar-refractivity contribution in [1.29, 1.82) is 0 Å². The summed E-state index contributed by atoms with van der Waals surface area (Å²) in [6, 6.07) is 2.15. The molecular weight excluding hydrogens is 288 g/mol. The molecule has 0 aliphatic carbocycles. The molecule has 2 rings (SSSR count). The third-order valence-corrected chi connectivity index (χ3v) is 4.36. The molecule has 2 aromatic heterocycles. The van der Waals surface area contributed by atoms with Crippen LogP contribution in [-0.2, 0) is 13.5 Å². The molecule has 1 unspecified atom stereocenters. The Bertz CT molecular complexity index is 465. The third kappa shape index (κ3) is 2.52. The number of rotatable bonds is 4. The molecule has 0 aliphatic rings. The molecule has 6 heteroatoms. The number of hydrazine groups is 1. The van der Waals surface area contributed by atoms with Crippen molar-refractivity contribution in [2.24, 2.45) is 12.9 Å². The Balaban J connectivity index is 2.15. The molecule has 2 heterocycles. The van der Waals surface area contributed by atoms with Gasteiger partial charge < -0.3 is 0 Å². The fourth-order valence-electron chi connectivity index (χ4n) is 1.55. The highest BCUT2D eigenvalue weighted by Gasteiger charge is 2.14. The summed E-state index contributed by atoms with van der Waals surface area (Å²) >= 11 is 5.25. The summed E-state index contributed by atoms with van der Waals surface area (Å²) in [6.45, 7) is 0. The van der Waals surface area contributed by atoms with E-state index in [2.05, 4.69) is 37.9 Å². The monoisotopic (exact) mass is 300 g/mol. The minimum absolute atomic E-state index is 0.101. The van der Waals surface area contributed by atoms with Crippen molar-refractivity contribution in [3.8, 4) is 0 Å². The average molecular weight is 301 g/mol. The molecule has 0 bridgehead atoms. The number of hydrogen-bond acceptors (Lipinski definition) is 4. The number of nitrogens with zero attached hydrogens (tertiary/aromatic N) is 2. The first kappa shape index (κ1) is 11.8. The highest BCUT2D eigenvalue weighted by Crippen LogP contribution is 2.27. The number of hydrogen-bond donors (Lipinski definition) is 2. The molecule has 0 aromatic carbocycles. The fourth-order valence-corrected chi connectivity index (χ4v) is 3.11. The van der Waals surface area contributed by atoms with Gasteiger partial charge in [0.15, 0.2) is 0 Å². The van der Waals surface area contributed by atoms with E-state index in [9.17, 15) is 0 Å². The predicted molar refractivity (Wildman–Crippen MR) is 69.0 cm³/mol. The largest absolute Gasteiger partial charge is 0.275 e. The second kappa shape index (κ2) is 5.09. The van der Waals surface area contributed by atoms with Crippen LogP contribution in [0.3, 0.4) is 0 Å².